The number of hydrogen-bond acceptors (Lipinski definition) is 2. The normalized spacial score (nSPS) is 11.4. The van der Waals surface area contributed by atoms with Gasteiger partial charge in [0, 0.05) is 28.5 Å². The number of aromatic nitrogens is 3. The van der Waals surface area contributed by atoms with Gasteiger partial charge in [0.2, 0.25) is 0 Å². The third-order valence-corrected chi connectivity index (χ3v) is 11.4. The van der Waals surface area contributed by atoms with Gasteiger partial charge in [-0.2, -0.15) is 0 Å². The molecule has 11 rings (SSSR count). The summed E-state index contributed by atoms with van der Waals surface area (Å²) in [5, 5.41) is 4.93. The van der Waals surface area contributed by atoms with E-state index in [9.17, 15) is 0 Å². The van der Waals surface area contributed by atoms with Crippen LogP contribution in [-0.4, -0.2) is 14.4 Å². The van der Waals surface area contributed by atoms with Crippen molar-refractivity contribution in [3.63, 3.8) is 0 Å². The lowest BCUT2D eigenvalue weighted by Gasteiger charge is -2.16. The fraction of sp³-hybridized carbons (Fsp3) is 0. The highest BCUT2D eigenvalue weighted by molar-refractivity contribution is 6.14. The molecule has 0 amide bonds. The topological polar surface area (TPSA) is 30.2 Å². The molecule has 0 fully saturated rings. The Morgan fingerprint density at radius 1 is 0.305 bits per heavy atom. The maximum absolute atomic E-state index is 5.40. The first-order chi connectivity index (χ1) is 29.2. The highest BCUT2D eigenvalue weighted by atomic mass is 15.0. The summed E-state index contributed by atoms with van der Waals surface area (Å²) in [6.45, 7) is 0. The molecule has 0 aliphatic rings. The van der Waals surface area contributed by atoms with Crippen molar-refractivity contribution in [2.24, 2.45) is 0 Å². The maximum Gasteiger partial charge on any atom is 0.137 e. The Kier molecular flexibility index (Phi) is 8.49. The molecule has 0 saturated heterocycles. The summed E-state index contributed by atoms with van der Waals surface area (Å²) in [7, 11) is 0. The van der Waals surface area contributed by atoms with E-state index in [0.717, 1.165) is 78.5 Å². The van der Waals surface area contributed by atoms with Gasteiger partial charge in [0.1, 0.15) is 5.65 Å². The van der Waals surface area contributed by atoms with Crippen LogP contribution in [0.2, 0.25) is 0 Å². The fourth-order valence-electron chi connectivity index (χ4n) is 8.54. The molecule has 276 valence electrons. The molecular formula is C56H37N3. The predicted molar refractivity (Wildman–Crippen MR) is 246 cm³/mol. The van der Waals surface area contributed by atoms with E-state index >= 15 is 0 Å². The lowest BCUT2D eigenvalue weighted by Crippen LogP contribution is -1.93. The second kappa shape index (κ2) is 14.6. The van der Waals surface area contributed by atoms with Crippen molar-refractivity contribution >= 4 is 27.2 Å². The van der Waals surface area contributed by atoms with Crippen molar-refractivity contribution in [3.8, 4) is 78.4 Å². The average Bonchev–Trinajstić information content (AvgIpc) is 3.72. The van der Waals surface area contributed by atoms with Crippen molar-refractivity contribution in [1.29, 1.82) is 0 Å². The number of hydrogen-bond donors (Lipinski definition) is 0. The Bertz CT molecular complexity index is 3250. The fourth-order valence-corrected chi connectivity index (χ4v) is 8.54. The summed E-state index contributed by atoms with van der Waals surface area (Å²) >= 11 is 0. The second-order valence-electron chi connectivity index (χ2n) is 15.0. The lowest BCUT2D eigenvalue weighted by atomic mass is 9.89. The molecule has 3 nitrogen and oxygen atoms in total. The van der Waals surface area contributed by atoms with Gasteiger partial charge < -0.3 is 0 Å². The quantitative estimate of drug-likeness (QED) is 0.152. The average molecular weight is 752 g/mol. The number of nitrogens with zero attached hydrogens (tertiary/aromatic N) is 3. The number of fused-ring (bicyclic) bond motifs is 4. The molecule has 0 spiro atoms. The molecule has 3 heteroatoms. The van der Waals surface area contributed by atoms with Crippen molar-refractivity contribution in [1.82, 2.24) is 14.4 Å². The molecule has 0 bridgehead atoms. The third-order valence-electron chi connectivity index (χ3n) is 11.4. The first kappa shape index (κ1) is 34.4. The summed E-state index contributed by atoms with van der Waals surface area (Å²) in [4.78, 5) is 10.6. The van der Waals surface area contributed by atoms with E-state index < -0.39 is 0 Å². The van der Waals surface area contributed by atoms with Gasteiger partial charge in [-0.15, -0.1) is 0 Å². The molecule has 11 aromatic rings. The van der Waals surface area contributed by atoms with E-state index in [-0.39, 0.29) is 0 Å². The van der Waals surface area contributed by atoms with Crippen LogP contribution >= 0.6 is 0 Å². The molecule has 0 radical (unpaired) electrons. The number of pyridine rings is 2. The van der Waals surface area contributed by atoms with Crippen LogP contribution in [0.3, 0.4) is 0 Å². The largest absolute Gasteiger partial charge is 0.299 e. The van der Waals surface area contributed by atoms with Crippen LogP contribution < -0.4 is 0 Å². The standard InChI is InChI=1S/C56H37N3/c1-4-17-38(18-5-1)45-36-52(39-19-6-2-7-20-39)57-53(37-45)47-33-44(32-46(34-47)51-35-42-23-10-11-26-48(42)49-27-12-13-28-50(49)51)41-24-16-25-43(31-41)55-56(40-21-8-3-9-22-40)59-30-15-14-29-54(59)58-55/h1-37H. The van der Waals surface area contributed by atoms with Crippen LogP contribution in [0, 0.1) is 0 Å². The van der Waals surface area contributed by atoms with Gasteiger partial charge in [0.25, 0.3) is 0 Å². The minimum absolute atomic E-state index is 0.915. The molecular weight excluding hydrogens is 715 g/mol. The maximum atomic E-state index is 5.40. The Labute approximate surface area is 343 Å². The van der Waals surface area contributed by atoms with E-state index in [1.54, 1.807) is 0 Å². The Hall–Kier alpha value is -7.88. The zero-order valence-corrected chi connectivity index (χ0v) is 32.2. The molecule has 3 aromatic heterocycles. The Morgan fingerprint density at radius 2 is 0.847 bits per heavy atom. The molecule has 0 unspecified atom stereocenters. The number of imidazole rings is 1. The van der Waals surface area contributed by atoms with Crippen molar-refractivity contribution in [2.75, 3.05) is 0 Å². The third kappa shape index (κ3) is 6.36. The summed E-state index contributed by atoms with van der Waals surface area (Å²) in [5.74, 6) is 0. The number of rotatable bonds is 7. The summed E-state index contributed by atoms with van der Waals surface area (Å²) in [5.41, 5.74) is 15.9. The SMILES string of the molecule is c1ccc(-c2cc(-c3ccccc3)nc(-c3cc(-c4cccc(-c5nc6ccccn6c5-c5ccccc5)c4)cc(-c4cc5ccccc5c5ccccc45)c3)c2)cc1. The molecule has 0 aliphatic heterocycles. The van der Waals surface area contributed by atoms with E-state index in [2.05, 4.69) is 223 Å². The summed E-state index contributed by atoms with van der Waals surface area (Å²) < 4.78 is 2.19. The molecule has 0 N–H and O–H groups in total. The van der Waals surface area contributed by atoms with Gasteiger partial charge in [-0.1, -0.05) is 164 Å². The molecule has 0 saturated carbocycles. The first-order valence-electron chi connectivity index (χ1n) is 20.1. The van der Waals surface area contributed by atoms with Crippen molar-refractivity contribution < 1.29 is 0 Å². The van der Waals surface area contributed by atoms with E-state index in [1.165, 1.54) is 27.1 Å². The summed E-state index contributed by atoms with van der Waals surface area (Å²) in [6.07, 6.45) is 2.10. The molecule has 0 aliphatic carbocycles. The molecule has 8 aromatic carbocycles. The van der Waals surface area contributed by atoms with Gasteiger partial charge in [0.05, 0.1) is 22.8 Å². The van der Waals surface area contributed by atoms with Crippen LogP contribution in [0.1, 0.15) is 0 Å². The lowest BCUT2D eigenvalue weighted by molar-refractivity contribution is 1.19. The van der Waals surface area contributed by atoms with E-state index in [4.69, 9.17) is 9.97 Å². The first-order valence-corrected chi connectivity index (χ1v) is 20.1. The van der Waals surface area contributed by atoms with Gasteiger partial charge in [0.15, 0.2) is 0 Å². The highest BCUT2D eigenvalue weighted by Gasteiger charge is 2.18. The number of benzene rings is 8. The summed E-state index contributed by atoms with van der Waals surface area (Å²) in [6, 6.07) is 77.9. The molecule has 0 atom stereocenters. The van der Waals surface area contributed by atoms with Gasteiger partial charge in [-0.05, 0) is 110 Å². The zero-order valence-electron chi connectivity index (χ0n) is 32.2. The molecule has 59 heavy (non-hydrogen) atoms. The molecule has 3 heterocycles. The van der Waals surface area contributed by atoms with Gasteiger partial charge >= 0.3 is 0 Å². The van der Waals surface area contributed by atoms with Gasteiger partial charge in [-0.25, -0.2) is 9.97 Å². The monoisotopic (exact) mass is 751 g/mol. The van der Waals surface area contributed by atoms with Gasteiger partial charge in [-0.3, -0.25) is 4.40 Å². The smallest absolute Gasteiger partial charge is 0.137 e. The van der Waals surface area contributed by atoms with Crippen LogP contribution in [0.4, 0.5) is 0 Å². The second-order valence-corrected chi connectivity index (χ2v) is 15.0. The Morgan fingerprint density at radius 3 is 1.63 bits per heavy atom. The predicted octanol–water partition coefficient (Wildman–Crippen LogP) is 14.7. The van der Waals surface area contributed by atoms with E-state index in [1.807, 2.05) is 6.07 Å². The van der Waals surface area contributed by atoms with Crippen LogP contribution in [-0.2, 0) is 0 Å². The zero-order chi connectivity index (χ0) is 39.1. The van der Waals surface area contributed by atoms with Crippen LogP contribution in [0.25, 0.3) is 106 Å². The minimum atomic E-state index is 0.915. The van der Waals surface area contributed by atoms with Crippen LogP contribution in [0.5, 0.6) is 0 Å². The Balaban J connectivity index is 1.16. The minimum Gasteiger partial charge on any atom is -0.299 e. The van der Waals surface area contributed by atoms with Crippen molar-refractivity contribution in [2.45, 2.75) is 0 Å². The van der Waals surface area contributed by atoms with E-state index in [0.29, 0.717) is 0 Å². The van der Waals surface area contributed by atoms with Crippen LogP contribution in [0.15, 0.2) is 225 Å². The van der Waals surface area contributed by atoms with Crippen molar-refractivity contribution in [3.05, 3.63) is 225 Å². The highest BCUT2D eigenvalue weighted by Crippen LogP contribution is 2.41.